The highest BCUT2D eigenvalue weighted by Gasteiger charge is 2.25. The van der Waals surface area contributed by atoms with E-state index in [9.17, 15) is 0 Å². The van der Waals surface area contributed by atoms with Gasteiger partial charge in [-0.05, 0) is 32.4 Å². The quantitative estimate of drug-likeness (QED) is 0.689. The maximum atomic E-state index is 5.71. The van der Waals surface area contributed by atoms with Crippen LogP contribution in [0.25, 0.3) is 0 Å². The lowest BCUT2D eigenvalue weighted by atomic mass is 10.0. The maximum absolute atomic E-state index is 5.71. The molecule has 2 saturated heterocycles. The number of nitrogens with zero attached hydrogens (tertiary/aromatic N) is 1. The third-order valence-corrected chi connectivity index (χ3v) is 3.30. The molecule has 3 heteroatoms. The Labute approximate surface area is 80.2 Å². The van der Waals surface area contributed by atoms with Crippen molar-refractivity contribution in [2.45, 2.75) is 25.3 Å². The normalized spacial score (nSPS) is 30.7. The van der Waals surface area contributed by atoms with Crippen molar-refractivity contribution >= 4 is 0 Å². The fourth-order valence-electron chi connectivity index (χ4n) is 2.26. The summed E-state index contributed by atoms with van der Waals surface area (Å²) in [6.45, 7) is 5.30. The molecular weight excluding hydrogens is 164 g/mol. The first-order valence-electron chi connectivity index (χ1n) is 5.42. The zero-order valence-corrected chi connectivity index (χ0v) is 8.24. The molecule has 0 unspecified atom stereocenters. The van der Waals surface area contributed by atoms with Gasteiger partial charge in [0.15, 0.2) is 0 Å². The van der Waals surface area contributed by atoms with Gasteiger partial charge in [0.05, 0.1) is 13.2 Å². The SMILES string of the molecule is NC[C@@H]1CCCN1CCC1COC1. The number of likely N-dealkylation sites (tertiary alicyclic amines) is 1. The third kappa shape index (κ3) is 2.22. The van der Waals surface area contributed by atoms with Crippen molar-refractivity contribution in [3.05, 3.63) is 0 Å². The predicted octanol–water partition coefficient (Wildman–Crippen LogP) is 0.446. The van der Waals surface area contributed by atoms with E-state index in [4.69, 9.17) is 10.5 Å². The Kier molecular flexibility index (Phi) is 3.19. The molecule has 2 fully saturated rings. The van der Waals surface area contributed by atoms with Crippen molar-refractivity contribution < 1.29 is 4.74 Å². The second-order valence-corrected chi connectivity index (χ2v) is 4.26. The average Bonchev–Trinajstić information content (AvgIpc) is 2.49. The highest BCUT2D eigenvalue weighted by Crippen LogP contribution is 2.20. The number of hydrogen-bond acceptors (Lipinski definition) is 3. The van der Waals surface area contributed by atoms with E-state index in [2.05, 4.69) is 4.90 Å². The van der Waals surface area contributed by atoms with Gasteiger partial charge in [-0.3, -0.25) is 4.90 Å². The van der Waals surface area contributed by atoms with Crippen LogP contribution in [0.4, 0.5) is 0 Å². The Morgan fingerprint density at radius 3 is 2.85 bits per heavy atom. The highest BCUT2D eigenvalue weighted by atomic mass is 16.5. The van der Waals surface area contributed by atoms with Gasteiger partial charge >= 0.3 is 0 Å². The summed E-state index contributed by atoms with van der Waals surface area (Å²) in [5.41, 5.74) is 5.71. The van der Waals surface area contributed by atoms with E-state index in [-0.39, 0.29) is 0 Å². The maximum Gasteiger partial charge on any atom is 0.0516 e. The minimum atomic E-state index is 0.668. The molecule has 2 N–H and O–H groups in total. The second kappa shape index (κ2) is 4.40. The fourth-order valence-corrected chi connectivity index (χ4v) is 2.26. The second-order valence-electron chi connectivity index (χ2n) is 4.26. The van der Waals surface area contributed by atoms with Crippen LogP contribution in [-0.4, -0.2) is 43.8 Å². The molecule has 2 aliphatic heterocycles. The van der Waals surface area contributed by atoms with E-state index < -0.39 is 0 Å². The molecule has 0 radical (unpaired) electrons. The Balaban J connectivity index is 1.67. The molecule has 0 amide bonds. The van der Waals surface area contributed by atoms with Gasteiger partial charge in [-0.2, -0.15) is 0 Å². The number of hydrogen-bond donors (Lipinski definition) is 1. The largest absolute Gasteiger partial charge is 0.381 e. The minimum absolute atomic E-state index is 0.668. The monoisotopic (exact) mass is 184 g/mol. The lowest BCUT2D eigenvalue weighted by molar-refractivity contribution is -0.0392. The van der Waals surface area contributed by atoms with Gasteiger partial charge in [0.2, 0.25) is 0 Å². The van der Waals surface area contributed by atoms with Crippen LogP contribution in [0.3, 0.4) is 0 Å². The van der Waals surface area contributed by atoms with Crippen molar-refractivity contribution in [3.8, 4) is 0 Å². The van der Waals surface area contributed by atoms with Crippen molar-refractivity contribution in [2.75, 3.05) is 32.8 Å². The van der Waals surface area contributed by atoms with Gasteiger partial charge in [-0.1, -0.05) is 0 Å². The zero-order chi connectivity index (χ0) is 9.10. The highest BCUT2D eigenvalue weighted by molar-refractivity contribution is 4.80. The van der Waals surface area contributed by atoms with E-state index in [1.807, 2.05) is 0 Å². The minimum Gasteiger partial charge on any atom is -0.381 e. The third-order valence-electron chi connectivity index (χ3n) is 3.30. The molecule has 76 valence electrons. The predicted molar refractivity (Wildman–Crippen MR) is 52.6 cm³/mol. The first-order valence-corrected chi connectivity index (χ1v) is 5.42. The van der Waals surface area contributed by atoms with Crippen LogP contribution in [0.5, 0.6) is 0 Å². The van der Waals surface area contributed by atoms with Crippen molar-refractivity contribution in [3.63, 3.8) is 0 Å². The topological polar surface area (TPSA) is 38.5 Å². The van der Waals surface area contributed by atoms with E-state index in [1.54, 1.807) is 0 Å². The molecule has 0 aromatic rings. The molecule has 2 rings (SSSR count). The molecule has 1 atom stereocenters. The van der Waals surface area contributed by atoms with Crippen LogP contribution in [0.2, 0.25) is 0 Å². The summed E-state index contributed by atoms with van der Waals surface area (Å²) in [5, 5.41) is 0. The molecule has 0 spiro atoms. The van der Waals surface area contributed by atoms with Gasteiger partial charge in [0.25, 0.3) is 0 Å². The molecule has 3 nitrogen and oxygen atoms in total. The Bertz CT molecular complexity index is 159. The van der Waals surface area contributed by atoms with Crippen LogP contribution in [-0.2, 0) is 4.74 Å². The van der Waals surface area contributed by atoms with Crippen LogP contribution in [0.1, 0.15) is 19.3 Å². The first kappa shape index (κ1) is 9.44. The van der Waals surface area contributed by atoms with Crippen LogP contribution in [0, 0.1) is 5.92 Å². The Hall–Kier alpha value is -0.120. The van der Waals surface area contributed by atoms with E-state index in [0.717, 1.165) is 25.7 Å². The van der Waals surface area contributed by atoms with Crippen LogP contribution < -0.4 is 5.73 Å². The molecular formula is C10H20N2O. The molecule has 0 saturated carbocycles. The van der Waals surface area contributed by atoms with E-state index in [0.29, 0.717) is 6.04 Å². The summed E-state index contributed by atoms with van der Waals surface area (Å²) in [6, 6.07) is 0.668. The van der Waals surface area contributed by atoms with Crippen LogP contribution >= 0.6 is 0 Å². The Morgan fingerprint density at radius 2 is 2.23 bits per heavy atom. The van der Waals surface area contributed by atoms with Crippen LogP contribution in [0.15, 0.2) is 0 Å². The van der Waals surface area contributed by atoms with E-state index in [1.165, 1.54) is 32.4 Å². The average molecular weight is 184 g/mol. The fraction of sp³-hybridized carbons (Fsp3) is 1.00. The summed E-state index contributed by atoms with van der Waals surface area (Å²) < 4.78 is 5.16. The number of nitrogens with two attached hydrogens (primary N) is 1. The summed E-state index contributed by atoms with van der Waals surface area (Å²) in [5.74, 6) is 0.832. The molecule has 0 aromatic carbocycles. The summed E-state index contributed by atoms with van der Waals surface area (Å²) in [7, 11) is 0. The number of ether oxygens (including phenoxy) is 1. The molecule has 13 heavy (non-hydrogen) atoms. The van der Waals surface area contributed by atoms with E-state index >= 15 is 0 Å². The van der Waals surface area contributed by atoms with Crippen molar-refractivity contribution in [1.82, 2.24) is 4.90 Å². The molecule has 0 aromatic heterocycles. The summed E-state index contributed by atoms with van der Waals surface area (Å²) in [6.07, 6.45) is 3.94. The van der Waals surface area contributed by atoms with Gasteiger partial charge in [0, 0.05) is 18.5 Å². The van der Waals surface area contributed by atoms with Gasteiger partial charge in [0.1, 0.15) is 0 Å². The summed E-state index contributed by atoms with van der Waals surface area (Å²) in [4.78, 5) is 2.55. The van der Waals surface area contributed by atoms with Crippen molar-refractivity contribution in [1.29, 1.82) is 0 Å². The molecule has 2 heterocycles. The van der Waals surface area contributed by atoms with Gasteiger partial charge < -0.3 is 10.5 Å². The smallest absolute Gasteiger partial charge is 0.0516 e. The van der Waals surface area contributed by atoms with Crippen molar-refractivity contribution in [2.24, 2.45) is 11.7 Å². The Morgan fingerprint density at radius 1 is 1.38 bits per heavy atom. The molecule has 2 aliphatic rings. The lowest BCUT2D eigenvalue weighted by Gasteiger charge is -2.30. The zero-order valence-electron chi connectivity index (χ0n) is 8.24. The number of rotatable bonds is 4. The molecule has 0 aliphatic carbocycles. The van der Waals surface area contributed by atoms with Gasteiger partial charge in [-0.25, -0.2) is 0 Å². The lowest BCUT2D eigenvalue weighted by Crippen LogP contribution is -2.38. The summed E-state index contributed by atoms with van der Waals surface area (Å²) >= 11 is 0. The van der Waals surface area contributed by atoms with Gasteiger partial charge in [-0.15, -0.1) is 0 Å². The molecule has 0 bridgehead atoms. The first-order chi connectivity index (χ1) is 6.40. The standard InChI is InChI=1S/C10H20N2O/c11-6-10-2-1-4-12(10)5-3-9-7-13-8-9/h9-10H,1-8,11H2/t10-/m0/s1.